The van der Waals surface area contributed by atoms with E-state index in [0.717, 1.165) is 11.0 Å². The van der Waals surface area contributed by atoms with Crippen LogP contribution in [0.3, 0.4) is 0 Å². The molecule has 1 aromatic carbocycles. The summed E-state index contributed by atoms with van der Waals surface area (Å²) >= 11 is 0. The van der Waals surface area contributed by atoms with Gasteiger partial charge in [0.25, 0.3) is 0 Å². The average molecular weight is 247 g/mol. The number of nitrogens with zero attached hydrogens (tertiary/aromatic N) is 2. The van der Waals surface area contributed by atoms with Crippen molar-refractivity contribution in [1.29, 1.82) is 0 Å². The first-order valence-electron chi connectivity index (χ1n) is 5.95. The number of rotatable bonds is 5. The van der Waals surface area contributed by atoms with Crippen LogP contribution >= 0.6 is 0 Å². The van der Waals surface area contributed by atoms with Crippen LogP contribution in [-0.4, -0.2) is 32.7 Å². The molecule has 0 bridgehead atoms. The van der Waals surface area contributed by atoms with Gasteiger partial charge in [-0.05, 0) is 25.6 Å². The number of hydrogen-bond acceptors (Lipinski definition) is 3. The lowest BCUT2D eigenvalue weighted by Gasteiger charge is -2.26. The van der Waals surface area contributed by atoms with Gasteiger partial charge in [0.2, 0.25) is 0 Å². The monoisotopic (exact) mass is 247 g/mol. The van der Waals surface area contributed by atoms with Gasteiger partial charge in [-0.2, -0.15) is 0 Å². The molecule has 1 atom stereocenters. The van der Waals surface area contributed by atoms with Crippen molar-refractivity contribution in [3.8, 4) is 0 Å². The zero-order chi connectivity index (χ0) is 13.2. The van der Waals surface area contributed by atoms with Gasteiger partial charge in [0.05, 0.1) is 23.9 Å². The summed E-state index contributed by atoms with van der Waals surface area (Å²) in [4.78, 5) is 15.6. The third kappa shape index (κ3) is 2.22. The zero-order valence-corrected chi connectivity index (χ0v) is 10.6. The van der Waals surface area contributed by atoms with E-state index in [1.54, 1.807) is 13.3 Å². The third-order valence-corrected chi connectivity index (χ3v) is 3.05. The van der Waals surface area contributed by atoms with E-state index >= 15 is 0 Å². The number of fused-ring (bicyclic) bond motifs is 1. The number of hydrogen-bond donors (Lipinski definition) is 2. The number of nitrogens with one attached hydrogen (secondary N) is 1. The third-order valence-electron chi connectivity index (χ3n) is 3.05. The van der Waals surface area contributed by atoms with Crippen LogP contribution in [-0.2, 0) is 11.3 Å². The van der Waals surface area contributed by atoms with Crippen LogP contribution in [0.5, 0.6) is 0 Å². The van der Waals surface area contributed by atoms with E-state index < -0.39 is 11.5 Å². The Morgan fingerprint density at radius 1 is 1.50 bits per heavy atom. The molecule has 5 nitrogen and oxygen atoms in total. The maximum absolute atomic E-state index is 11.4. The van der Waals surface area contributed by atoms with Crippen LogP contribution < -0.4 is 5.32 Å². The lowest BCUT2D eigenvalue weighted by Crippen LogP contribution is -2.52. The van der Waals surface area contributed by atoms with Crippen LogP contribution in [0.4, 0.5) is 0 Å². The van der Waals surface area contributed by atoms with Gasteiger partial charge < -0.3 is 15.0 Å². The number of carboxylic acids is 1. The highest BCUT2D eigenvalue weighted by Gasteiger charge is 2.32. The second-order valence-electron chi connectivity index (χ2n) is 4.53. The van der Waals surface area contributed by atoms with Crippen molar-refractivity contribution in [2.75, 3.05) is 6.54 Å². The Balaban J connectivity index is 2.34. The highest BCUT2D eigenvalue weighted by atomic mass is 16.4. The standard InChI is InChI=1S/C13H17N3O2/c1-3-15-13(2,12(17)18)8-16-9-14-10-6-4-5-7-11(10)16/h4-7,9,15H,3,8H2,1-2H3,(H,17,18). The van der Waals surface area contributed by atoms with E-state index in [9.17, 15) is 9.90 Å². The molecule has 1 aromatic heterocycles. The summed E-state index contributed by atoms with van der Waals surface area (Å²) < 4.78 is 1.87. The number of aliphatic carboxylic acids is 1. The van der Waals surface area contributed by atoms with Crippen molar-refractivity contribution in [3.05, 3.63) is 30.6 Å². The van der Waals surface area contributed by atoms with Crippen LogP contribution in [0.15, 0.2) is 30.6 Å². The van der Waals surface area contributed by atoms with E-state index in [4.69, 9.17) is 0 Å². The fourth-order valence-electron chi connectivity index (χ4n) is 2.07. The number of likely N-dealkylation sites (N-methyl/N-ethyl adjacent to an activating group) is 1. The fraction of sp³-hybridized carbons (Fsp3) is 0.385. The summed E-state index contributed by atoms with van der Waals surface area (Å²) in [5.74, 6) is -0.859. The molecule has 0 aliphatic rings. The molecule has 2 aromatic rings. The van der Waals surface area contributed by atoms with Gasteiger partial charge >= 0.3 is 5.97 Å². The minimum absolute atomic E-state index is 0.344. The average Bonchev–Trinajstić information content (AvgIpc) is 2.73. The minimum Gasteiger partial charge on any atom is -0.480 e. The second-order valence-corrected chi connectivity index (χ2v) is 4.53. The fourth-order valence-corrected chi connectivity index (χ4v) is 2.07. The van der Waals surface area contributed by atoms with Gasteiger partial charge in [-0.25, -0.2) is 4.98 Å². The zero-order valence-electron chi connectivity index (χ0n) is 10.6. The van der Waals surface area contributed by atoms with Crippen molar-refractivity contribution < 1.29 is 9.90 Å². The summed E-state index contributed by atoms with van der Waals surface area (Å²) in [7, 11) is 0. The van der Waals surface area contributed by atoms with E-state index in [1.807, 2.05) is 35.8 Å². The van der Waals surface area contributed by atoms with E-state index in [-0.39, 0.29) is 0 Å². The summed E-state index contributed by atoms with van der Waals surface area (Å²) in [5.41, 5.74) is 0.836. The van der Waals surface area contributed by atoms with Crippen molar-refractivity contribution in [2.45, 2.75) is 25.9 Å². The molecule has 0 saturated carbocycles. The molecule has 1 heterocycles. The maximum atomic E-state index is 11.4. The van der Waals surface area contributed by atoms with Crippen LogP contribution in [0.25, 0.3) is 11.0 Å². The number of aromatic nitrogens is 2. The second kappa shape index (κ2) is 4.78. The van der Waals surface area contributed by atoms with Crippen molar-refractivity contribution in [3.63, 3.8) is 0 Å². The van der Waals surface area contributed by atoms with Gasteiger partial charge in [-0.3, -0.25) is 4.79 Å². The van der Waals surface area contributed by atoms with Crippen molar-refractivity contribution in [2.24, 2.45) is 0 Å². The molecule has 96 valence electrons. The minimum atomic E-state index is -0.988. The highest BCUT2D eigenvalue weighted by Crippen LogP contribution is 2.16. The lowest BCUT2D eigenvalue weighted by molar-refractivity contribution is -0.144. The molecule has 1 unspecified atom stereocenters. The summed E-state index contributed by atoms with van der Waals surface area (Å²) in [6, 6.07) is 7.69. The number of carbonyl (C=O) groups is 1. The quantitative estimate of drug-likeness (QED) is 0.840. The smallest absolute Gasteiger partial charge is 0.325 e. The molecule has 2 rings (SSSR count). The molecule has 0 aliphatic carbocycles. The Hall–Kier alpha value is -1.88. The SMILES string of the molecule is CCNC(C)(Cn1cnc2ccccc21)C(=O)O. The van der Waals surface area contributed by atoms with Gasteiger partial charge in [-0.15, -0.1) is 0 Å². The lowest BCUT2D eigenvalue weighted by atomic mass is 10.0. The summed E-state index contributed by atoms with van der Waals surface area (Å²) in [6.07, 6.45) is 1.68. The Morgan fingerprint density at radius 2 is 2.22 bits per heavy atom. The molecule has 0 fully saturated rings. The molecular weight excluding hydrogens is 230 g/mol. The van der Waals surface area contributed by atoms with Crippen molar-refractivity contribution >= 4 is 17.0 Å². The molecular formula is C13H17N3O2. The number of carboxylic acid groups (broad SMARTS) is 1. The molecule has 18 heavy (non-hydrogen) atoms. The van der Waals surface area contributed by atoms with E-state index in [2.05, 4.69) is 10.3 Å². The van der Waals surface area contributed by atoms with Crippen LogP contribution in [0.2, 0.25) is 0 Å². The summed E-state index contributed by atoms with van der Waals surface area (Å²) in [5, 5.41) is 12.4. The van der Waals surface area contributed by atoms with Gasteiger partial charge in [0.1, 0.15) is 5.54 Å². The van der Waals surface area contributed by atoms with Crippen LogP contribution in [0.1, 0.15) is 13.8 Å². The molecule has 0 radical (unpaired) electrons. The van der Waals surface area contributed by atoms with Gasteiger partial charge in [0, 0.05) is 0 Å². The Bertz CT molecular complexity index is 564. The predicted octanol–water partition coefficient (Wildman–Crippen LogP) is 1.49. The molecule has 5 heteroatoms. The number of para-hydroxylation sites is 2. The Labute approximate surface area is 105 Å². The normalized spacial score (nSPS) is 14.6. The topological polar surface area (TPSA) is 67.2 Å². The van der Waals surface area contributed by atoms with E-state index in [1.165, 1.54) is 0 Å². The molecule has 0 aliphatic heterocycles. The first kappa shape index (κ1) is 12.6. The van der Waals surface area contributed by atoms with E-state index in [0.29, 0.717) is 13.1 Å². The van der Waals surface area contributed by atoms with Crippen LogP contribution in [0, 0.1) is 0 Å². The Morgan fingerprint density at radius 3 is 2.89 bits per heavy atom. The first-order valence-corrected chi connectivity index (χ1v) is 5.95. The highest BCUT2D eigenvalue weighted by molar-refractivity contribution is 5.79. The predicted molar refractivity (Wildman–Crippen MR) is 69.5 cm³/mol. The number of imidazole rings is 1. The summed E-state index contributed by atoms with van der Waals surface area (Å²) in [6.45, 7) is 4.53. The molecule has 0 saturated heterocycles. The molecule has 0 spiro atoms. The Kier molecular flexibility index (Phi) is 3.34. The van der Waals surface area contributed by atoms with Crippen molar-refractivity contribution in [1.82, 2.24) is 14.9 Å². The maximum Gasteiger partial charge on any atom is 0.325 e. The molecule has 2 N–H and O–H groups in total. The largest absolute Gasteiger partial charge is 0.480 e. The molecule has 0 amide bonds. The first-order chi connectivity index (χ1) is 8.57. The van der Waals surface area contributed by atoms with Gasteiger partial charge in [-0.1, -0.05) is 19.1 Å². The number of benzene rings is 1. The van der Waals surface area contributed by atoms with Gasteiger partial charge in [0.15, 0.2) is 0 Å².